The van der Waals surface area contributed by atoms with Crippen molar-refractivity contribution in [2.75, 3.05) is 12.3 Å². The van der Waals surface area contributed by atoms with Crippen LogP contribution >= 0.6 is 0 Å². The van der Waals surface area contributed by atoms with E-state index in [-0.39, 0.29) is 12.5 Å². The molecular weight excluding hydrogens is 202 g/mol. The first-order chi connectivity index (χ1) is 7.63. The van der Waals surface area contributed by atoms with E-state index < -0.39 is 0 Å². The Balaban J connectivity index is 2.83. The monoisotopic (exact) mass is 213 g/mol. The number of benzene rings is 1. The van der Waals surface area contributed by atoms with Gasteiger partial charge >= 0.3 is 0 Å². The first-order valence-corrected chi connectivity index (χ1v) is 4.66. The summed E-state index contributed by atoms with van der Waals surface area (Å²) < 4.78 is 0. The SMILES string of the molecule is CC(=O)NCC#Cc1cc(N)ccc1C#N. The third-order valence-corrected chi connectivity index (χ3v) is 1.81. The fourth-order valence-corrected chi connectivity index (χ4v) is 1.07. The number of nitrogen functional groups attached to an aromatic ring is 1. The summed E-state index contributed by atoms with van der Waals surface area (Å²) in [5, 5.41) is 11.4. The van der Waals surface area contributed by atoms with Crippen molar-refractivity contribution >= 4 is 11.6 Å². The lowest BCUT2D eigenvalue weighted by atomic mass is 10.1. The van der Waals surface area contributed by atoms with Crippen molar-refractivity contribution in [3.63, 3.8) is 0 Å². The number of rotatable bonds is 1. The molecule has 0 heterocycles. The lowest BCUT2D eigenvalue weighted by Gasteiger charge is -1.97. The molecule has 3 N–H and O–H groups in total. The zero-order valence-corrected chi connectivity index (χ0v) is 8.87. The van der Waals surface area contributed by atoms with Crippen molar-refractivity contribution in [2.24, 2.45) is 0 Å². The van der Waals surface area contributed by atoms with Crippen LogP contribution in [0.4, 0.5) is 5.69 Å². The van der Waals surface area contributed by atoms with Gasteiger partial charge in [-0.05, 0) is 18.2 Å². The Morgan fingerprint density at radius 3 is 2.88 bits per heavy atom. The number of hydrogen-bond acceptors (Lipinski definition) is 3. The molecule has 0 saturated heterocycles. The number of nitrogens with zero attached hydrogens (tertiary/aromatic N) is 1. The van der Waals surface area contributed by atoms with Gasteiger partial charge in [0.2, 0.25) is 5.91 Å². The third-order valence-electron chi connectivity index (χ3n) is 1.81. The Morgan fingerprint density at radius 2 is 2.25 bits per heavy atom. The van der Waals surface area contributed by atoms with Crippen LogP contribution in [0.5, 0.6) is 0 Å². The van der Waals surface area contributed by atoms with Crippen LogP contribution in [0.1, 0.15) is 18.1 Å². The predicted molar refractivity (Wildman–Crippen MR) is 61.1 cm³/mol. The van der Waals surface area contributed by atoms with E-state index in [1.807, 2.05) is 6.07 Å². The summed E-state index contributed by atoms with van der Waals surface area (Å²) in [5.74, 6) is 5.40. The largest absolute Gasteiger partial charge is 0.399 e. The first kappa shape index (κ1) is 11.6. The van der Waals surface area contributed by atoms with Crippen molar-refractivity contribution in [3.05, 3.63) is 29.3 Å². The highest BCUT2D eigenvalue weighted by atomic mass is 16.1. The van der Waals surface area contributed by atoms with E-state index in [4.69, 9.17) is 11.0 Å². The van der Waals surface area contributed by atoms with Crippen molar-refractivity contribution in [2.45, 2.75) is 6.92 Å². The van der Waals surface area contributed by atoms with Crippen LogP contribution in [-0.2, 0) is 4.79 Å². The number of anilines is 1. The van der Waals surface area contributed by atoms with E-state index in [2.05, 4.69) is 17.2 Å². The van der Waals surface area contributed by atoms with E-state index in [0.717, 1.165) is 0 Å². The number of carbonyl (C=O) groups excluding carboxylic acids is 1. The zero-order chi connectivity index (χ0) is 12.0. The van der Waals surface area contributed by atoms with Gasteiger partial charge in [-0.1, -0.05) is 11.8 Å². The van der Waals surface area contributed by atoms with Crippen molar-refractivity contribution in [3.8, 4) is 17.9 Å². The van der Waals surface area contributed by atoms with E-state index in [0.29, 0.717) is 16.8 Å². The molecule has 16 heavy (non-hydrogen) atoms. The van der Waals surface area contributed by atoms with Crippen LogP contribution in [0.15, 0.2) is 18.2 Å². The Morgan fingerprint density at radius 1 is 1.50 bits per heavy atom. The summed E-state index contributed by atoms with van der Waals surface area (Å²) in [6, 6.07) is 6.94. The Kier molecular flexibility index (Phi) is 3.94. The van der Waals surface area contributed by atoms with Gasteiger partial charge in [0.1, 0.15) is 6.07 Å². The quantitative estimate of drug-likeness (QED) is 0.530. The maximum atomic E-state index is 10.6. The molecule has 80 valence electrons. The van der Waals surface area contributed by atoms with Gasteiger partial charge in [-0.2, -0.15) is 5.26 Å². The summed E-state index contributed by atoms with van der Waals surface area (Å²) in [7, 11) is 0. The van der Waals surface area contributed by atoms with Crippen LogP contribution in [0.2, 0.25) is 0 Å². The summed E-state index contributed by atoms with van der Waals surface area (Å²) >= 11 is 0. The van der Waals surface area contributed by atoms with Crippen LogP contribution in [0.3, 0.4) is 0 Å². The Labute approximate surface area is 94.1 Å². The van der Waals surface area contributed by atoms with E-state index in [9.17, 15) is 4.79 Å². The first-order valence-electron chi connectivity index (χ1n) is 4.66. The molecule has 0 unspecified atom stereocenters. The van der Waals surface area contributed by atoms with Crippen LogP contribution < -0.4 is 11.1 Å². The van der Waals surface area contributed by atoms with Gasteiger partial charge in [-0.15, -0.1) is 0 Å². The minimum atomic E-state index is -0.137. The molecule has 1 aromatic rings. The number of carbonyl (C=O) groups is 1. The molecule has 4 nitrogen and oxygen atoms in total. The van der Waals surface area contributed by atoms with Crippen LogP contribution in [0.25, 0.3) is 0 Å². The maximum absolute atomic E-state index is 10.6. The minimum absolute atomic E-state index is 0.137. The topological polar surface area (TPSA) is 78.9 Å². The number of amides is 1. The van der Waals surface area contributed by atoms with Crippen LogP contribution in [-0.4, -0.2) is 12.5 Å². The molecule has 0 radical (unpaired) electrons. The summed E-state index contributed by atoms with van der Waals surface area (Å²) in [5.41, 5.74) is 7.20. The zero-order valence-electron chi connectivity index (χ0n) is 8.87. The van der Waals surface area contributed by atoms with Gasteiger partial charge < -0.3 is 11.1 Å². The average Bonchev–Trinajstić information content (AvgIpc) is 2.24. The fourth-order valence-electron chi connectivity index (χ4n) is 1.07. The van der Waals surface area contributed by atoms with E-state index >= 15 is 0 Å². The van der Waals surface area contributed by atoms with Gasteiger partial charge in [0.05, 0.1) is 12.1 Å². The summed E-state index contributed by atoms with van der Waals surface area (Å²) in [6.07, 6.45) is 0. The lowest BCUT2D eigenvalue weighted by molar-refractivity contribution is -0.118. The highest BCUT2D eigenvalue weighted by Crippen LogP contribution is 2.11. The number of hydrogen-bond donors (Lipinski definition) is 2. The molecule has 1 aromatic carbocycles. The molecule has 0 aromatic heterocycles. The van der Waals surface area contributed by atoms with Gasteiger partial charge in [-0.25, -0.2) is 0 Å². The molecule has 0 bridgehead atoms. The fraction of sp³-hybridized carbons (Fsp3) is 0.167. The molecule has 0 atom stereocenters. The smallest absolute Gasteiger partial charge is 0.217 e. The van der Waals surface area contributed by atoms with Gasteiger partial charge in [0.25, 0.3) is 0 Å². The highest BCUT2D eigenvalue weighted by molar-refractivity contribution is 5.73. The standard InChI is InChI=1S/C12H11N3O/c1-9(16)15-6-2-3-10-7-12(14)5-4-11(10)8-13/h4-5,7H,6,14H2,1H3,(H,15,16). The number of nitriles is 1. The molecule has 0 fully saturated rings. The van der Waals surface area contributed by atoms with Gasteiger partial charge in [0.15, 0.2) is 0 Å². The normalized spacial score (nSPS) is 8.50. The second-order valence-corrected chi connectivity index (χ2v) is 3.13. The van der Waals surface area contributed by atoms with E-state index in [1.165, 1.54) is 6.92 Å². The van der Waals surface area contributed by atoms with Crippen molar-refractivity contribution in [1.29, 1.82) is 5.26 Å². The summed E-state index contributed by atoms with van der Waals surface area (Å²) in [6.45, 7) is 1.68. The Hall–Kier alpha value is -2.46. The molecule has 0 aliphatic carbocycles. The van der Waals surface area contributed by atoms with Gasteiger partial charge in [-0.3, -0.25) is 4.79 Å². The van der Waals surface area contributed by atoms with Crippen molar-refractivity contribution in [1.82, 2.24) is 5.32 Å². The number of nitrogens with one attached hydrogen (secondary N) is 1. The van der Waals surface area contributed by atoms with Crippen molar-refractivity contribution < 1.29 is 4.79 Å². The summed E-state index contributed by atoms with van der Waals surface area (Å²) in [4.78, 5) is 10.6. The lowest BCUT2D eigenvalue weighted by Crippen LogP contribution is -2.19. The van der Waals surface area contributed by atoms with E-state index in [1.54, 1.807) is 18.2 Å². The number of nitrogens with two attached hydrogens (primary N) is 1. The maximum Gasteiger partial charge on any atom is 0.217 e. The molecular formula is C12H11N3O. The molecule has 0 saturated carbocycles. The minimum Gasteiger partial charge on any atom is -0.399 e. The molecule has 0 aliphatic heterocycles. The molecule has 1 rings (SSSR count). The molecule has 4 heteroatoms. The highest BCUT2D eigenvalue weighted by Gasteiger charge is 1.98. The molecule has 0 spiro atoms. The second kappa shape index (κ2) is 5.43. The third kappa shape index (κ3) is 3.36. The molecule has 0 aliphatic rings. The average molecular weight is 213 g/mol. The molecule has 1 amide bonds. The Bertz CT molecular complexity index is 503. The second-order valence-electron chi connectivity index (χ2n) is 3.13. The van der Waals surface area contributed by atoms with Gasteiger partial charge in [0, 0.05) is 18.2 Å². The predicted octanol–water partition coefficient (Wildman–Crippen LogP) is 0.628. The van der Waals surface area contributed by atoms with Crippen LogP contribution in [0, 0.1) is 23.2 Å².